The molecule has 0 saturated carbocycles. The van der Waals surface area contributed by atoms with Crippen LogP contribution < -0.4 is 10.2 Å². The van der Waals surface area contributed by atoms with E-state index in [0.29, 0.717) is 43.4 Å². The number of carbonyl (C=O) groups is 2. The van der Waals surface area contributed by atoms with Crippen molar-refractivity contribution in [3.05, 3.63) is 72.1 Å². The summed E-state index contributed by atoms with van der Waals surface area (Å²) in [6, 6.07) is 10.9. The van der Waals surface area contributed by atoms with Crippen molar-refractivity contribution in [1.29, 1.82) is 0 Å². The average molecular weight is 391 g/mol. The van der Waals surface area contributed by atoms with E-state index >= 15 is 0 Å². The molecule has 0 spiro atoms. The number of nitrogens with zero attached hydrogens (tertiary/aromatic N) is 4. The van der Waals surface area contributed by atoms with Crippen LogP contribution in [0.25, 0.3) is 0 Å². The molecule has 8 nitrogen and oxygen atoms in total. The summed E-state index contributed by atoms with van der Waals surface area (Å²) >= 11 is 0. The van der Waals surface area contributed by atoms with Gasteiger partial charge < -0.3 is 19.5 Å². The smallest absolute Gasteiger partial charge is 0.289 e. The highest BCUT2D eigenvalue weighted by Crippen LogP contribution is 2.15. The van der Waals surface area contributed by atoms with E-state index in [-0.39, 0.29) is 17.5 Å². The third-order valence-electron chi connectivity index (χ3n) is 4.80. The second-order valence-electron chi connectivity index (χ2n) is 6.84. The maximum atomic E-state index is 12.3. The highest BCUT2D eigenvalue weighted by Gasteiger charge is 2.24. The van der Waals surface area contributed by atoms with Crippen LogP contribution in [0.3, 0.4) is 0 Å². The first-order valence-corrected chi connectivity index (χ1v) is 9.38. The monoisotopic (exact) mass is 391 g/mol. The first-order chi connectivity index (χ1) is 14.1. The van der Waals surface area contributed by atoms with Gasteiger partial charge in [-0.05, 0) is 31.2 Å². The fraction of sp³-hybridized carbons (Fsp3) is 0.238. The number of nitrogens with one attached hydrogen (secondary N) is 1. The van der Waals surface area contributed by atoms with Gasteiger partial charge in [0.2, 0.25) is 0 Å². The van der Waals surface area contributed by atoms with E-state index in [9.17, 15) is 9.59 Å². The molecule has 1 aromatic carbocycles. The first kappa shape index (κ1) is 18.7. The SMILES string of the molecule is Cc1ccc(NC(=O)c2cnc(N3CCN(C(=O)c4ccco4)CC3)cn2)cc1. The molecule has 2 aromatic heterocycles. The lowest BCUT2D eigenvalue weighted by Gasteiger charge is -2.34. The van der Waals surface area contributed by atoms with Crippen molar-refractivity contribution in [2.45, 2.75) is 6.92 Å². The van der Waals surface area contributed by atoms with Crippen molar-refractivity contribution >= 4 is 23.3 Å². The third kappa shape index (κ3) is 4.26. The van der Waals surface area contributed by atoms with E-state index in [2.05, 4.69) is 15.3 Å². The van der Waals surface area contributed by atoms with Crippen LogP contribution in [-0.4, -0.2) is 52.9 Å². The predicted molar refractivity (Wildman–Crippen MR) is 108 cm³/mol. The molecule has 3 aromatic rings. The van der Waals surface area contributed by atoms with Crippen molar-refractivity contribution in [2.75, 3.05) is 36.4 Å². The molecule has 0 radical (unpaired) electrons. The first-order valence-electron chi connectivity index (χ1n) is 9.38. The van der Waals surface area contributed by atoms with Gasteiger partial charge in [-0.15, -0.1) is 0 Å². The number of furan rings is 1. The standard InChI is InChI=1S/C21H21N5O3/c1-15-4-6-16(7-5-15)24-20(27)17-13-23-19(14-22-17)25-8-10-26(11-9-25)21(28)18-3-2-12-29-18/h2-7,12-14H,8-11H2,1H3,(H,24,27). The molecule has 1 aliphatic rings. The topological polar surface area (TPSA) is 91.6 Å². The summed E-state index contributed by atoms with van der Waals surface area (Å²) in [7, 11) is 0. The Hall–Kier alpha value is -3.68. The summed E-state index contributed by atoms with van der Waals surface area (Å²) in [5.74, 6) is 0.620. The van der Waals surface area contributed by atoms with Crippen LogP contribution in [0.5, 0.6) is 0 Å². The number of anilines is 2. The number of aryl methyl sites for hydroxylation is 1. The zero-order chi connectivity index (χ0) is 20.2. The summed E-state index contributed by atoms with van der Waals surface area (Å²) in [6.07, 6.45) is 4.56. The van der Waals surface area contributed by atoms with Gasteiger partial charge in [-0.3, -0.25) is 9.59 Å². The number of piperazine rings is 1. The molecule has 1 fully saturated rings. The highest BCUT2D eigenvalue weighted by atomic mass is 16.3. The second-order valence-corrected chi connectivity index (χ2v) is 6.84. The highest BCUT2D eigenvalue weighted by molar-refractivity contribution is 6.02. The van der Waals surface area contributed by atoms with Gasteiger partial charge in [-0.1, -0.05) is 17.7 Å². The third-order valence-corrected chi connectivity index (χ3v) is 4.80. The number of carbonyl (C=O) groups excluding carboxylic acids is 2. The lowest BCUT2D eigenvalue weighted by Crippen LogP contribution is -2.49. The van der Waals surface area contributed by atoms with E-state index in [4.69, 9.17) is 4.42 Å². The molecule has 8 heteroatoms. The van der Waals surface area contributed by atoms with Crippen LogP contribution in [0, 0.1) is 6.92 Å². The van der Waals surface area contributed by atoms with Crippen molar-refractivity contribution in [2.24, 2.45) is 0 Å². The summed E-state index contributed by atoms with van der Waals surface area (Å²) in [5.41, 5.74) is 2.09. The van der Waals surface area contributed by atoms with Crippen molar-refractivity contribution in [3.63, 3.8) is 0 Å². The normalized spacial score (nSPS) is 14.0. The Labute approximate surface area is 168 Å². The van der Waals surface area contributed by atoms with Gasteiger partial charge >= 0.3 is 0 Å². The molecule has 0 atom stereocenters. The van der Waals surface area contributed by atoms with Gasteiger partial charge in [0.05, 0.1) is 18.7 Å². The second kappa shape index (κ2) is 8.14. The van der Waals surface area contributed by atoms with Crippen molar-refractivity contribution in [3.8, 4) is 0 Å². The molecule has 29 heavy (non-hydrogen) atoms. The molecular formula is C21H21N5O3. The fourth-order valence-corrected chi connectivity index (χ4v) is 3.13. The molecule has 1 saturated heterocycles. The minimum atomic E-state index is -0.304. The van der Waals surface area contributed by atoms with Crippen LogP contribution in [0.15, 0.2) is 59.5 Å². The van der Waals surface area contributed by atoms with Gasteiger partial charge in [0.1, 0.15) is 11.5 Å². The van der Waals surface area contributed by atoms with Gasteiger partial charge in [0.25, 0.3) is 11.8 Å². The lowest BCUT2D eigenvalue weighted by atomic mass is 10.2. The van der Waals surface area contributed by atoms with Gasteiger partial charge in [-0.25, -0.2) is 9.97 Å². The molecule has 0 unspecified atom stereocenters. The minimum Gasteiger partial charge on any atom is -0.459 e. The number of benzene rings is 1. The predicted octanol–water partition coefficient (Wildman–Crippen LogP) is 2.59. The molecule has 0 aliphatic carbocycles. The van der Waals surface area contributed by atoms with E-state index in [0.717, 1.165) is 5.56 Å². The Morgan fingerprint density at radius 1 is 1.00 bits per heavy atom. The Balaban J connectivity index is 1.34. The molecule has 3 heterocycles. The maximum Gasteiger partial charge on any atom is 0.289 e. The Bertz CT molecular complexity index is 976. The number of hydrogen-bond acceptors (Lipinski definition) is 6. The molecule has 148 valence electrons. The van der Waals surface area contributed by atoms with Crippen LogP contribution in [-0.2, 0) is 0 Å². The van der Waals surface area contributed by atoms with Crippen LogP contribution in [0.1, 0.15) is 26.6 Å². The summed E-state index contributed by atoms with van der Waals surface area (Å²) in [6.45, 7) is 4.39. The number of rotatable bonds is 4. The summed E-state index contributed by atoms with van der Waals surface area (Å²) in [4.78, 5) is 37.1. The largest absolute Gasteiger partial charge is 0.459 e. The fourth-order valence-electron chi connectivity index (χ4n) is 3.13. The van der Waals surface area contributed by atoms with Gasteiger partial charge in [0, 0.05) is 31.9 Å². The number of aromatic nitrogens is 2. The van der Waals surface area contributed by atoms with E-state index < -0.39 is 0 Å². The van der Waals surface area contributed by atoms with E-state index in [1.54, 1.807) is 23.2 Å². The van der Waals surface area contributed by atoms with Gasteiger partial charge in [-0.2, -0.15) is 0 Å². The molecule has 1 aliphatic heterocycles. The van der Waals surface area contributed by atoms with Crippen molar-refractivity contribution in [1.82, 2.24) is 14.9 Å². The average Bonchev–Trinajstić information content (AvgIpc) is 3.30. The molecule has 4 rings (SSSR count). The number of amides is 2. The van der Waals surface area contributed by atoms with Crippen molar-refractivity contribution < 1.29 is 14.0 Å². The van der Waals surface area contributed by atoms with Crippen LogP contribution in [0.4, 0.5) is 11.5 Å². The minimum absolute atomic E-state index is 0.108. The number of hydrogen-bond donors (Lipinski definition) is 1. The zero-order valence-electron chi connectivity index (χ0n) is 16.0. The van der Waals surface area contributed by atoms with E-state index in [1.807, 2.05) is 36.1 Å². The molecule has 2 amide bonds. The molecular weight excluding hydrogens is 370 g/mol. The van der Waals surface area contributed by atoms with E-state index in [1.165, 1.54) is 12.5 Å². The quantitative estimate of drug-likeness (QED) is 0.735. The Kier molecular flexibility index (Phi) is 5.24. The maximum absolute atomic E-state index is 12.3. The summed E-state index contributed by atoms with van der Waals surface area (Å²) < 4.78 is 5.18. The molecule has 0 bridgehead atoms. The van der Waals surface area contributed by atoms with Crippen LogP contribution >= 0.6 is 0 Å². The summed E-state index contributed by atoms with van der Waals surface area (Å²) in [5, 5.41) is 2.81. The Morgan fingerprint density at radius 3 is 2.38 bits per heavy atom. The zero-order valence-corrected chi connectivity index (χ0v) is 16.0. The lowest BCUT2D eigenvalue weighted by molar-refractivity contribution is 0.0714. The van der Waals surface area contributed by atoms with Crippen LogP contribution in [0.2, 0.25) is 0 Å². The Morgan fingerprint density at radius 2 is 1.76 bits per heavy atom. The van der Waals surface area contributed by atoms with Gasteiger partial charge in [0.15, 0.2) is 5.76 Å². The molecule has 1 N–H and O–H groups in total.